The summed E-state index contributed by atoms with van der Waals surface area (Å²) in [6.45, 7) is 3.49. The summed E-state index contributed by atoms with van der Waals surface area (Å²) in [5.74, 6) is 1.52. The van der Waals surface area contributed by atoms with Crippen LogP contribution in [0.2, 0.25) is 0 Å². The molecule has 1 N–H and O–H groups in total. The summed E-state index contributed by atoms with van der Waals surface area (Å²) < 4.78 is 15.6. The van der Waals surface area contributed by atoms with Gasteiger partial charge in [0.05, 0.1) is 13.2 Å². The summed E-state index contributed by atoms with van der Waals surface area (Å²) in [4.78, 5) is 38.1. The summed E-state index contributed by atoms with van der Waals surface area (Å²) in [7, 11) is 1.24. The number of para-hydroxylation sites is 1. The molecule has 33 heavy (non-hydrogen) atoms. The second-order valence-electron chi connectivity index (χ2n) is 7.34. The topological polar surface area (TPSA) is 116 Å². The zero-order valence-electron chi connectivity index (χ0n) is 18.4. The zero-order valence-corrected chi connectivity index (χ0v) is 18.4. The van der Waals surface area contributed by atoms with Crippen LogP contribution >= 0.6 is 0 Å². The summed E-state index contributed by atoms with van der Waals surface area (Å²) in [6, 6.07) is 16.1. The maximum atomic E-state index is 12.2. The van der Waals surface area contributed by atoms with Crippen molar-refractivity contribution in [3.63, 3.8) is 0 Å². The van der Waals surface area contributed by atoms with Crippen LogP contribution in [0.25, 0.3) is 0 Å². The van der Waals surface area contributed by atoms with Crippen molar-refractivity contribution < 1.29 is 23.8 Å². The Labute approximate surface area is 190 Å². The molecule has 0 bridgehead atoms. The number of methoxy groups -OCH3 is 1. The largest absolute Gasteiger partial charge is 0.467 e. The molecule has 0 radical (unpaired) electrons. The Kier molecular flexibility index (Phi) is 6.34. The highest BCUT2D eigenvalue weighted by atomic mass is 16.6. The van der Waals surface area contributed by atoms with Crippen LogP contribution in [-0.2, 0) is 14.3 Å². The maximum absolute atomic E-state index is 12.2. The fourth-order valence-corrected chi connectivity index (χ4v) is 3.32. The number of hydrogen-bond acceptors (Lipinski definition) is 9. The van der Waals surface area contributed by atoms with Gasteiger partial charge in [0.25, 0.3) is 0 Å². The summed E-state index contributed by atoms with van der Waals surface area (Å²) in [5, 5.41) is 3.21. The number of nitrogens with one attached hydrogen (secondary N) is 1. The number of carbonyl (C=O) groups is 2. The van der Waals surface area contributed by atoms with Crippen LogP contribution in [-0.4, -0.2) is 46.8 Å². The molecule has 0 saturated carbocycles. The minimum atomic E-state index is -0.952. The average Bonchev–Trinajstić information content (AvgIpc) is 3.20. The van der Waals surface area contributed by atoms with Gasteiger partial charge in [0, 0.05) is 0 Å². The van der Waals surface area contributed by atoms with Gasteiger partial charge in [0.15, 0.2) is 6.04 Å². The molecule has 1 unspecified atom stereocenters. The lowest BCUT2D eigenvalue weighted by Crippen LogP contribution is -2.41. The van der Waals surface area contributed by atoms with Gasteiger partial charge in [-0.25, -0.2) is 14.5 Å². The Balaban J connectivity index is 1.49. The van der Waals surface area contributed by atoms with Crippen LogP contribution in [0.4, 0.5) is 16.7 Å². The van der Waals surface area contributed by atoms with Crippen LogP contribution in [0.5, 0.6) is 11.5 Å². The van der Waals surface area contributed by atoms with Crippen LogP contribution in [0.1, 0.15) is 24.4 Å². The number of hydrogen-bond donors (Lipinski definition) is 1. The van der Waals surface area contributed by atoms with Gasteiger partial charge in [-0.15, -0.1) is 0 Å². The van der Waals surface area contributed by atoms with Crippen LogP contribution in [0.3, 0.4) is 0 Å². The number of cyclic esters (lactones) is 1. The van der Waals surface area contributed by atoms with E-state index in [4.69, 9.17) is 14.2 Å². The fourth-order valence-electron chi connectivity index (χ4n) is 3.32. The van der Waals surface area contributed by atoms with E-state index < -0.39 is 18.1 Å². The molecule has 0 aliphatic carbocycles. The first-order valence-corrected chi connectivity index (χ1v) is 10.3. The summed E-state index contributed by atoms with van der Waals surface area (Å²) in [5.41, 5.74) is 0.975. The standard InChI is InChI=1S/C23H23N5O5/c1-14(16-9-11-18(12-10-16)33-17-7-5-4-6-8-17)24-21-25-15(2)26-22(27-21)28-19(20(29)31-3)13-32-23(28)30/h4-12,14,19H,13H2,1-3H3,(H,24,25,26,27)/t14-,19?/m0/s1. The molecule has 10 nitrogen and oxygen atoms in total. The Morgan fingerprint density at radius 2 is 1.79 bits per heavy atom. The predicted molar refractivity (Wildman–Crippen MR) is 119 cm³/mol. The lowest BCUT2D eigenvalue weighted by molar-refractivity contribution is -0.142. The second kappa shape index (κ2) is 9.51. The lowest BCUT2D eigenvalue weighted by Gasteiger charge is -2.19. The highest BCUT2D eigenvalue weighted by Gasteiger charge is 2.42. The van der Waals surface area contributed by atoms with Crippen LogP contribution < -0.4 is 15.0 Å². The summed E-state index contributed by atoms with van der Waals surface area (Å²) in [6.07, 6.45) is -0.719. The van der Waals surface area contributed by atoms with Gasteiger partial charge in [-0.05, 0) is 43.7 Å². The van der Waals surface area contributed by atoms with Gasteiger partial charge in [-0.1, -0.05) is 30.3 Å². The molecule has 2 aromatic carbocycles. The molecule has 1 amide bonds. The van der Waals surface area contributed by atoms with Gasteiger partial charge in [0.2, 0.25) is 11.9 Å². The van der Waals surface area contributed by atoms with E-state index in [-0.39, 0.29) is 24.5 Å². The van der Waals surface area contributed by atoms with Crippen LogP contribution in [0.15, 0.2) is 54.6 Å². The van der Waals surface area contributed by atoms with Gasteiger partial charge in [-0.3, -0.25) is 0 Å². The smallest absolute Gasteiger partial charge is 0.417 e. The van der Waals surface area contributed by atoms with E-state index in [0.29, 0.717) is 5.82 Å². The molecule has 1 aliphatic rings. The van der Waals surface area contributed by atoms with Crippen molar-refractivity contribution in [3.05, 3.63) is 66.0 Å². The van der Waals surface area contributed by atoms with E-state index in [2.05, 4.69) is 20.3 Å². The maximum Gasteiger partial charge on any atom is 0.417 e. The van der Waals surface area contributed by atoms with Gasteiger partial charge >= 0.3 is 12.1 Å². The Morgan fingerprint density at radius 1 is 1.09 bits per heavy atom. The normalized spacial score (nSPS) is 16.2. The van der Waals surface area contributed by atoms with Crippen molar-refractivity contribution in [1.29, 1.82) is 0 Å². The molecular formula is C23H23N5O5. The average molecular weight is 449 g/mol. The Bertz CT molecular complexity index is 1140. The lowest BCUT2D eigenvalue weighted by atomic mass is 10.1. The molecule has 170 valence electrons. The molecule has 1 aliphatic heterocycles. The molecule has 1 fully saturated rings. The molecule has 1 saturated heterocycles. The SMILES string of the molecule is COC(=O)C1COC(=O)N1c1nc(C)nc(N[C@@H](C)c2ccc(Oc3ccccc3)cc2)n1. The number of amides is 1. The molecule has 3 aromatic rings. The highest BCUT2D eigenvalue weighted by Crippen LogP contribution is 2.26. The quantitative estimate of drug-likeness (QED) is 0.540. The van der Waals surface area contributed by atoms with E-state index in [1.54, 1.807) is 6.92 Å². The number of ether oxygens (including phenoxy) is 3. The van der Waals surface area contributed by atoms with E-state index in [1.165, 1.54) is 7.11 Å². The van der Waals surface area contributed by atoms with Gasteiger partial charge in [0.1, 0.15) is 23.9 Å². The molecule has 1 aromatic heterocycles. The Morgan fingerprint density at radius 3 is 2.48 bits per heavy atom. The number of aromatic nitrogens is 3. The Hall–Kier alpha value is -4.21. The molecule has 10 heteroatoms. The van der Waals surface area contributed by atoms with E-state index in [9.17, 15) is 9.59 Å². The number of carbonyl (C=O) groups excluding carboxylic acids is 2. The zero-order chi connectivity index (χ0) is 23.4. The third-order valence-electron chi connectivity index (χ3n) is 5.00. The van der Waals surface area contributed by atoms with Gasteiger partial charge in [-0.2, -0.15) is 15.0 Å². The highest BCUT2D eigenvalue weighted by molar-refractivity contribution is 5.96. The minimum absolute atomic E-state index is 0.0155. The van der Waals surface area contributed by atoms with Crippen molar-refractivity contribution in [3.8, 4) is 11.5 Å². The number of anilines is 2. The molecule has 0 spiro atoms. The van der Waals surface area contributed by atoms with Crippen LogP contribution in [0, 0.1) is 6.92 Å². The number of rotatable bonds is 7. The van der Waals surface area contributed by atoms with E-state index in [1.807, 2.05) is 61.5 Å². The first-order valence-electron chi connectivity index (χ1n) is 10.3. The first kappa shape index (κ1) is 22.0. The van der Waals surface area contributed by atoms with Crippen molar-refractivity contribution in [2.75, 3.05) is 23.9 Å². The second-order valence-corrected chi connectivity index (χ2v) is 7.34. The van der Waals surface area contributed by atoms with Crippen molar-refractivity contribution >= 4 is 24.0 Å². The van der Waals surface area contributed by atoms with Crippen molar-refractivity contribution in [1.82, 2.24) is 15.0 Å². The number of esters is 1. The fraction of sp³-hybridized carbons (Fsp3) is 0.261. The third-order valence-corrected chi connectivity index (χ3v) is 5.00. The number of aryl methyl sites for hydroxylation is 1. The summed E-state index contributed by atoms with van der Waals surface area (Å²) >= 11 is 0. The third kappa shape index (κ3) is 5.00. The molecule has 2 heterocycles. The molecular weight excluding hydrogens is 426 g/mol. The van der Waals surface area contributed by atoms with Gasteiger partial charge < -0.3 is 19.5 Å². The van der Waals surface area contributed by atoms with E-state index >= 15 is 0 Å². The number of benzene rings is 2. The van der Waals surface area contributed by atoms with Crippen molar-refractivity contribution in [2.45, 2.75) is 25.9 Å². The minimum Gasteiger partial charge on any atom is -0.467 e. The monoisotopic (exact) mass is 449 g/mol. The molecule has 4 rings (SSSR count). The van der Waals surface area contributed by atoms with Crippen molar-refractivity contribution in [2.24, 2.45) is 0 Å². The van der Waals surface area contributed by atoms with E-state index in [0.717, 1.165) is 22.0 Å². The predicted octanol–water partition coefficient (Wildman–Crippen LogP) is 3.64. The number of nitrogens with zero attached hydrogens (tertiary/aromatic N) is 4. The first-order chi connectivity index (χ1) is 15.9. The molecule has 2 atom stereocenters.